The van der Waals surface area contributed by atoms with E-state index in [1.807, 2.05) is 30.5 Å². The average molecular weight is 383 g/mol. The van der Waals surface area contributed by atoms with Crippen LogP contribution >= 0.6 is 11.6 Å². The zero-order valence-electron chi connectivity index (χ0n) is 15.1. The van der Waals surface area contributed by atoms with E-state index in [9.17, 15) is 9.90 Å². The molecule has 3 aromatic rings. The van der Waals surface area contributed by atoms with Crippen molar-refractivity contribution in [3.8, 4) is 0 Å². The van der Waals surface area contributed by atoms with Gasteiger partial charge in [0.1, 0.15) is 6.04 Å². The van der Waals surface area contributed by atoms with Crippen LogP contribution in [0.2, 0.25) is 5.02 Å². The molecule has 1 fully saturated rings. The Morgan fingerprint density at radius 2 is 1.93 bits per heavy atom. The Kier molecular flexibility index (Phi) is 5.19. The summed E-state index contributed by atoms with van der Waals surface area (Å²) in [6.45, 7) is 1.59. The molecule has 4 nitrogen and oxygen atoms in total. The summed E-state index contributed by atoms with van der Waals surface area (Å²) in [6, 6.07) is 15.4. The summed E-state index contributed by atoms with van der Waals surface area (Å²) in [5, 5.41) is 11.4. The second-order valence-corrected chi connectivity index (χ2v) is 7.78. The largest absolute Gasteiger partial charge is 0.480 e. The standard InChI is InChI=1S/C22H23ClN2O2/c23-17-6-7-20-18(13-17)19(14-24-20)21(22(26)27)25-10-8-16(9-11-25)12-15-4-2-1-3-5-15/h1-7,13-14,16,21,24H,8-12H2,(H,26,27)/t21-/m1/s1. The highest BCUT2D eigenvalue weighted by Gasteiger charge is 2.32. The van der Waals surface area contributed by atoms with Crippen molar-refractivity contribution in [2.24, 2.45) is 5.92 Å². The lowest BCUT2D eigenvalue weighted by atomic mass is 9.89. The van der Waals surface area contributed by atoms with E-state index in [2.05, 4.69) is 34.1 Å². The molecule has 2 N–H and O–H groups in total. The number of halogens is 1. The molecule has 4 rings (SSSR count). The molecule has 1 aliphatic heterocycles. The van der Waals surface area contributed by atoms with Crippen LogP contribution in [0.1, 0.15) is 30.0 Å². The van der Waals surface area contributed by atoms with Gasteiger partial charge < -0.3 is 10.1 Å². The van der Waals surface area contributed by atoms with E-state index < -0.39 is 12.0 Å². The number of fused-ring (bicyclic) bond motifs is 1. The van der Waals surface area contributed by atoms with Crippen molar-refractivity contribution in [3.63, 3.8) is 0 Å². The maximum atomic E-state index is 12.1. The molecule has 27 heavy (non-hydrogen) atoms. The minimum absolute atomic E-state index is 0.607. The third-order valence-electron chi connectivity index (χ3n) is 5.59. The van der Waals surface area contributed by atoms with Gasteiger partial charge in [-0.2, -0.15) is 0 Å². The molecule has 0 bridgehead atoms. The van der Waals surface area contributed by atoms with Gasteiger partial charge in [0, 0.05) is 27.7 Å². The molecule has 5 heteroatoms. The van der Waals surface area contributed by atoms with Crippen LogP contribution in [0, 0.1) is 5.92 Å². The second-order valence-electron chi connectivity index (χ2n) is 7.34. The van der Waals surface area contributed by atoms with Gasteiger partial charge in [-0.25, -0.2) is 0 Å². The van der Waals surface area contributed by atoms with Gasteiger partial charge >= 0.3 is 5.97 Å². The summed E-state index contributed by atoms with van der Waals surface area (Å²) in [5.41, 5.74) is 3.07. The quantitative estimate of drug-likeness (QED) is 0.659. The number of likely N-dealkylation sites (tertiary alicyclic amines) is 1. The first-order valence-electron chi connectivity index (χ1n) is 9.39. The van der Waals surface area contributed by atoms with E-state index >= 15 is 0 Å². The highest BCUT2D eigenvalue weighted by atomic mass is 35.5. The van der Waals surface area contributed by atoms with Gasteiger partial charge in [0.05, 0.1) is 0 Å². The molecule has 1 saturated heterocycles. The second kappa shape index (κ2) is 7.75. The normalized spacial score (nSPS) is 17.2. The monoisotopic (exact) mass is 382 g/mol. The molecule has 1 atom stereocenters. The number of H-pyrrole nitrogens is 1. The number of nitrogens with one attached hydrogen (secondary N) is 1. The molecule has 1 aromatic heterocycles. The Morgan fingerprint density at radius 3 is 2.63 bits per heavy atom. The Balaban J connectivity index is 1.50. The first kappa shape index (κ1) is 18.1. The number of carbonyl (C=O) groups is 1. The summed E-state index contributed by atoms with van der Waals surface area (Å²) in [7, 11) is 0. The molecule has 0 spiro atoms. The molecule has 2 aromatic carbocycles. The van der Waals surface area contributed by atoms with Gasteiger partial charge in [-0.3, -0.25) is 9.69 Å². The van der Waals surface area contributed by atoms with E-state index in [-0.39, 0.29) is 0 Å². The minimum atomic E-state index is -0.808. The molecular formula is C22H23ClN2O2. The fraction of sp³-hybridized carbons (Fsp3) is 0.318. The maximum absolute atomic E-state index is 12.1. The highest BCUT2D eigenvalue weighted by Crippen LogP contribution is 2.33. The van der Waals surface area contributed by atoms with Crippen LogP contribution in [-0.2, 0) is 11.2 Å². The number of hydrogen-bond donors (Lipinski definition) is 2. The van der Waals surface area contributed by atoms with Crippen molar-refractivity contribution >= 4 is 28.5 Å². The fourth-order valence-corrected chi connectivity index (χ4v) is 4.36. The van der Waals surface area contributed by atoms with Crippen molar-refractivity contribution in [3.05, 3.63) is 70.9 Å². The van der Waals surface area contributed by atoms with Gasteiger partial charge in [-0.15, -0.1) is 0 Å². The molecule has 2 heterocycles. The Morgan fingerprint density at radius 1 is 1.19 bits per heavy atom. The number of aliphatic carboxylic acids is 1. The van der Waals surface area contributed by atoms with E-state index in [0.717, 1.165) is 48.8 Å². The summed E-state index contributed by atoms with van der Waals surface area (Å²) < 4.78 is 0. The molecular weight excluding hydrogens is 360 g/mol. The first-order chi connectivity index (χ1) is 13.1. The number of carboxylic acids is 1. The average Bonchev–Trinajstić information content (AvgIpc) is 3.07. The van der Waals surface area contributed by atoms with Crippen LogP contribution in [-0.4, -0.2) is 34.0 Å². The Bertz CT molecular complexity index is 930. The van der Waals surface area contributed by atoms with E-state index in [4.69, 9.17) is 11.6 Å². The van der Waals surface area contributed by atoms with Crippen molar-refractivity contribution in [2.75, 3.05) is 13.1 Å². The topological polar surface area (TPSA) is 56.3 Å². The number of nitrogens with zero attached hydrogens (tertiary/aromatic N) is 1. The molecule has 1 aliphatic rings. The lowest BCUT2D eigenvalue weighted by molar-refractivity contribution is -0.144. The summed E-state index contributed by atoms with van der Waals surface area (Å²) in [5.74, 6) is -0.201. The third-order valence-corrected chi connectivity index (χ3v) is 5.82. The lowest BCUT2D eigenvalue weighted by Gasteiger charge is -2.35. The Labute approximate surface area is 163 Å². The number of aromatic nitrogens is 1. The van der Waals surface area contributed by atoms with Crippen LogP contribution < -0.4 is 0 Å². The van der Waals surface area contributed by atoms with Gasteiger partial charge in [-0.1, -0.05) is 41.9 Å². The maximum Gasteiger partial charge on any atom is 0.325 e. The number of hydrogen-bond acceptors (Lipinski definition) is 2. The van der Waals surface area contributed by atoms with Crippen molar-refractivity contribution in [1.82, 2.24) is 9.88 Å². The van der Waals surface area contributed by atoms with E-state index in [1.165, 1.54) is 5.56 Å². The van der Waals surface area contributed by atoms with Gasteiger partial charge in [-0.05, 0) is 62.0 Å². The molecule has 0 radical (unpaired) electrons. The molecule has 0 amide bonds. The number of benzene rings is 2. The van der Waals surface area contributed by atoms with Crippen LogP contribution in [0.4, 0.5) is 0 Å². The van der Waals surface area contributed by atoms with Crippen LogP contribution in [0.15, 0.2) is 54.7 Å². The van der Waals surface area contributed by atoms with Crippen LogP contribution in [0.5, 0.6) is 0 Å². The van der Waals surface area contributed by atoms with Gasteiger partial charge in [0.15, 0.2) is 0 Å². The van der Waals surface area contributed by atoms with E-state index in [1.54, 1.807) is 0 Å². The number of rotatable bonds is 5. The third kappa shape index (κ3) is 3.87. The summed E-state index contributed by atoms with van der Waals surface area (Å²) >= 11 is 6.14. The Hall–Kier alpha value is -2.30. The summed E-state index contributed by atoms with van der Waals surface area (Å²) in [6.07, 6.45) is 4.91. The minimum Gasteiger partial charge on any atom is -0.480 e. The van der Waals surface area contributed by atoms with Crippen LogP contribution in [0.25, 0.3) is 10.9 Å². The first-order valence-corrected chi connectivity index (χ1v) is 9.77. The van der Waals surface area contributed by atoms with Crippen molar-refractivity contribution in [2.45, 2.75) is 25.3 Å². The SMILES string of the molecule is O=C(O)[C@@H](c1c[nH]c2ccc(Cl)cc12)N1CCC(Cc2ccccc2)CC1. The number of aromatic amines is 1. The highest BCUT2D eigenvalue weighted by molar-refractivity contribution is 6.31. The molecule has 0 saturated carbocycles. The summed E-state index contributed by atoms with van der Waals surface area (Å²) in [4.78, 5) is 17.4. The smallest absolute Gasteiger partial charge is 0.325 e. The predicted molar refractivity (Wildman–Crippen MR) is 108 cm³/mol. The fourth-order valence-electron chi connectivity index (χ4n) is 4.19. The van der Waals surface area contributed by atoms with Gasteiger partial charge in [0.2, 0.25) is 0 Å². The molecule has 0 unspecified atom stereocenters. The van der Waals surface area contributed by atoms with E-state index in [0.29, 0.717) is 10.9 Å². The van der Waals surface area contributed by atoms with Crippen LogP contribution in [0.3, 0.4) is 0 Å². The van der Waals surface area contributed by atoms with Gasteiger partial charge in [0.25, 0.3) is 0 Å². The lowest BCUT2D eigenvalue weighted by Crippen LogP contribution is -2.40. The predicted octanol–water partition coefficient (Wildman–Crippen LogP) is 4.90. The number of carboxylic acid groups (broad SMARTS) is 1. The molecule has 0 aliphatic carbocycles. The zero-order valence-corrected chi connectivity index (χ0v) is 15.8. The van der Waals surface area contributed by atoms with Crippen molar-refractivity contribution in [1.29, 1.82) is 0 Å². The number of piperidine rings is 1. The zero-order chi connectivity index (χ0) is 18.8. The van der Waals surface area contributed by atoms with Crippen molar-refractivity contribution < 1.29 is 9.90 Å². The molecule has 140 valence electrons.